The molecule has 0 amide bonds. The number of ether oxygens (including phenoxy) is 3. The number of rotatable bonds is 49. The quantitative estimate of drug-likeness (QED) is 0.0346. The monoisotopic (exact) mass is 867 g/mol. The summed E-state index contributed by atoms with van der Waals surface area (Å²) in [5, 5.41) is 0. The lowest BCUT2D eigenvalue weighted by Gasteiger charge is -2.18. The molecule has 1 unspecified atom stereocenters. The highest BCUT2D eigenvalue weighted by Gasteiger charge is 2.17. The van der Waals surface area contributed by atoms with Gasteiger partial charge in [-0.25, -0.2) is 0 Å². The predicted molar refractivity (Wildman–Crippen MR) is 270 cm³/mol. The number of esters is 2. The van der Waals surface area contributed by atoms with Gasteiger partial charge < -0.3 is 14.2 Å². The van der Waals surface area contributed by atoms with Crippen molar-refractivity contribution >= 4 is 11.9 Å². The van der Waals surface area contributed by atoms with Gasteiger partial charge in [0, 0.05) is 19.4 Å². The average Bonchev–Trinajstić information content (AvgIpc) is 3.27. The molecule has 0 aromatic heterocycles. The fraction of sp³-hybridized carbons (Fsp3) is 0.789. The number of carbonyl (C=O) groups excluding carboxylic acids is 2. The summed E-state index contributed by atoms with van der Waals surface area (Å²) in [6.07, 6.45) is 66.6. The number of hydrogen-bond donors (Lipinski definition) is 0. The lowest BCUT2D eigenvalue weighted by atomic mass is 10.1. The third kappa shape index (κ3) is 50.2. The molecule has 0 saturated carbocycles. The van der Waals surface area contributed by atoms with E-state index in [0.29, 0.717) is 19.4 Å². The molecule has 0 aliphatic heterocycles. The normalized spacial score (nSPS) is 12.6. The number of carbonyl (C=O) groups is 2. The SMILES string of the molecule is CC/C=C\C/C=C\C/C=C\C/C=C\CCCCCCCOCC(COC(=O)CCCCCCCCC/C=C\CCCCCCCC)OC(=O)CCCCCCCCCCCCC. The molecule has 0 heterocycles. The molecule has 5 heteroatoms. The molecule has 0 N–H and O–H groups in total. The first-order valence-electron chi connectivity index (χ1n) is 26.8. The molecule has 0 aliphatic rings. The Kier molecular flexibility index (Phi) is 50.9. The number of allylic oxidation sites excluding steroid dienone is 10. The highest BCUT2D eigenvalue weighted by Crippen LogP contribution is 2.15. The molecule has 0 bridgehead atoms. The summed E-state index contributed by atoms with van der Waals surface area (Å²) in [5.41, 5.74) is 0. The van der Waals surface area contributed by atoms with Gasteiger partial charge in [0.25, 0.3) is 0 Å². The molecule has 0 radical (unpaired) electrons. The third-order valence-electron chi connectivity index (χ3n) is 11.5. The molecule has 0 saturated heterocycles. The van der Waals surface area contributed by atoms with E-state index in [-0.39, 0.29) is 25.2 Å². The highest BCUT2D eigenvalue weighted by molar-refractivity contribution is 5.70. The average molecular weight is 867 g/mol. The number of hydrogen-bond acceptors (Lipinski definition) is 5. The molecule has 360 valence electrons. The van der Waals surface area contributed by atoms with Crippen LogP contribution in [0.1, 0.15) is 265 Å². The first-order chi connectivity index (χ1) is 30.6. The first-order valence-corrected chi connectivity index (χ1v) is 26.8. The van der Waals surface area contributed by atoms with Crippen LogP contribution >= 0.6 is 0 Å². The maximum Gasteiger partial charge on any atom is 0.306 e. The standard InChI is InChI=1S/C57H102O5/c1-4-7-10-13-16-19-22-24-26-28-30-32-34-37-40-43-46-49-52-60-53-55(62-57(59)51-48-45-42-39-35-21-18-15-12-9-6-3)54-61-56(58)50-47-44-41-38-36-33-31-29-27-25-23-20-17-14-11-8-5-2/h7,10,16,19,24-27,30,32,55H,4-6,8-9,11-15,17-18,20-23,28-29,31,33-54H2,1-3H3/b10-7-,19-16-,26-24-,27-25-,32-30-. The van der Waals surface area contributed by atoms with Crippen LogP contribution in [0.15, 0.2) is 60.8 Å². The van der Waals surface area contributed by atoms with E-state index in [4.69, 9.17) is 14.2 Å². The maximum absolute atomic E-state index is 12.8. The van der Waals surface area contributed by atoms with Gasteiger partial charge in [-0.05, 0) is 83.5 Å². The molecule has 62 heavy (non-hydrogen) atoms. The molecule has 1 atom stereocenters. The van der Waals surface area contributed by atoms with E-state index in [2.05, 4.69) is 81.5 Å². The molecule has 0 aromatic carbocycles. The molecule has 0 aromatic rings. The molecule has 0 rings (SSSR count). The molecule has 5 nitrogen and oxygen atoms in total. The molecular formula is C57H102O5. The summed E-state index contributed by atoms with van der Waals surface area (Å²) >= 11 is 0. The van der Waals surface area contributed by atoms with Crippen molar-refractivity contribution in [3.63, 3.8) is 0 Å². The Morgan fingerprint density at radius 2 is 0.726 bits per heavy atom. The highest BCUT2D eigenvalue weighted by atomic mass is 16.6. The zero-order chi connectivity index (χ0) is 44.9. The second kappa shape index (κ2) is 52.9. The maximum atomic E-state index is 12.8. The first kappa shape index (κ1) is 59.6. The van der Waals surface area contributed by atoms with Crippen LogP contribution in [-0.4, -0.2) is 37.9 Å². The van der Waals surface area contributed by atoms with Gasteiger partial charge in [-0.15, -0.1) is 0 Å². The van der Waals surface area contributed by atoms with Crippen molar-refractivity contribution < 1.29 is 23.8 Å². The number of unbranched alkanes of at least 4 members (excludes halogenated alkanes) is 28. The second-order valence-electron chi connectivity index (χ2n) is 17.8. The largest absolute Gasteiger partial charge is 0.462 e. The Morgan fingerprint density at radius 1 is 0.371 bits per heavy atom. The van der Waals surface area contributed by atoms with Crippen molar-refractivity contribution in [1.29, 1.82) is 0 Å². The van der Waals surface area contributed by atoms with Crippen molar-refractivity contribution in [3.05, 3.63) is 60.8 Å². The summed E-state index contributed by atoms with van der Waals surface area (Å²) in [6, 6.07) is 0. The lowest BCUT2D eigenvalue weighted by Crippen LogP contribution is -2.30. The summed E-state index contributed by atoms with van der Waals surface area (Å²) in [4.78, 5) is 25.4. The summed E-state index contributed by atoms with van der Waals surface area (Å²) in [5.74, 6) is -0.405. The topological polar surface area (TPSA) is 61.8 Å². The predicted octanol–water partition coefficient (Wildman–Crippen LogP) is 18.1. The fourth-order valence-electron chi connectivity index (χ4n) is 7.56. The smallest absolute Gasteiger partial charge is 0.306 e. The van der Waals surface area contributed by atoms with E-state index in [1.165, 1.54) is 161 Å². The van der Waals surface area contributed by atoms with Crippen LogP contribution in [0.4, 0.5) is 0 Å². The molecule has 0 aliphatic carbocycles. The Balaban J connectivity index is 4.26. The zero-order valence-electron chi connectivity index (χ0n) is 41.4. The lowest BCUT2D eigenvalue weighted by molar-refractivity contribution is -0.163. The van der Waals surface area contributed by atoms with Crippen molar-refractivity contribution in [1.82, 2.24) is 0 Å². The third-order valence-corrected chi connectivity index (χ3v) is 11.5. The van der Waals surface area contributed by atoms with Gasteiger partial charge in [-0.2, -0.15) is 0 Å². The summed E-state index contributed by atoms with van der Waals surface area (Å²) in [7, 11) is 0. The molecule has 0 spiro atoms. The van der Waals surface area contributed by atoms with Crippen LogP contribution in [0, 0.1) is 0 Å². The second-order valence-corrected chi connectivity index (χ2v) is 17.8. The summed E-state index contributed by atoms with van der Waals surface area (Å²) < 4.78 is 17.4. The Labute approximate surface area is 385 Å². The van der Waals surface area contributed by atoms with E-state index in [9.17, 15) is 9.59 Å². The Morgan fingerprint density at radius 3 is 1.18 bits per heavy atom. The van der Waals surface area contributed by atoms with Crippen LogP contribution in [-0.2, 0) is 23.8 Å². The van der Waals surface area contributed by atoms with Gasteiger partial charge >= 0.3 is 11.9 Å². The van der Waals surface area contributed by atoms with Gasteiger partial charge in [0.15, 0.2) is 6.10 Å². The van der Waals surface area contributed by atoms with Gasteiger partial charge in [-0.3, -0.25) is 9.59 Å². The minimum atomic E-state index is -0.546. The Hall–Kier alpha value is -2.40. The summed E-state index contributed by atoms with van der Waals surface area (Å²) in [6.45, 7) is 7.69. The molecular weight excluding hydrogens is 765 g/mol. The van der Waals surface area contributed by atoms with Crippen LogP contribution in [0.5, 0.6) is 0 Å². The van der Waals surface area contributed by atoms with E-state index in [0.717, 1.165) is 70.6 Å². The van der Waals surface area contributed by atoms with E-state index in [1.54, 1.807) is 0 Å². The van der Waals surface area contributed by atoms with Gasteiger partial charge in [0.2, 0.25) is 0 Å². The van der Waals surface area contributed by atoms with E-state index >= 15 is 0 Å². The van der Waals surface area contributed by atoms with Crippen molar-refractivity contribution in [2.24, 2.45) is 0 Å². The van der Waals surface area contributed by atoms with Crippen LogP contribution in [0.3, 0.4) is 0 Å². The minimum Gasteiger partial charge on any atom is -0.462 e. The molecule has 0 fully saturated rings. The van der Waals surface area contributed by atoms with Gasteiger partial charge in [0.1, 0.15) is 6.61 Å². The van der Waals surface area contributed by atoms with Crippen LogP contribution < -0.4 is 0 Å². The minimum absolute atomic E-state index is 0.0769. The van der Waals surface area contributed by atoms with Crippen molar-refractivity contribution in [2.75, 3.05) is 19.8 Å². The fourth-order valence-corrected chi connectivity index (χ4v) is 7.56. The van der Waals surface area contributed by atoms with Crippen molar-refractivity contribution in [3.8, 4) is 0 Å². The Bertz CT molecular complexity index is 1070. The van der Waals surface area contributed by atoms with E-state index < -0.39 is 6.10 Å². The van der Waals surface area contributed by atoms with E-state index in [1.807, 2.05) is 0 Å². The van der Waals surface area contributed by atoms with Crippen LogP contribution in [0.2, 0.25) is 0 Å². The van der Waals surface area contributed by atoms with Gasteiger partial charge in [0.05, 0.1) is 6.61 Å². The van der Waals surface area contributed by atoms with Gasteiger partial charge in [-0.1, -0.05) is 229 Å². The van der Waals surface area contributed by atoms with Crippen molar-refractivity contribution in [2.45, 2.75) is 271 Å². The van der Waals surface area contributed by atoms with Crippen LogP contribution in [0.25, 0.3) is 0 Å². The zero-order valence-corrected chi connectivity index (χ0v) is 41.4.